The number of carbonyl (C=O) groups excluding carboxylic acids is 1. The highest BCUT2D eigenvalue weighted by molar-refractivity contribution is 5.86. The molecule has 2 aromatic rings. The lowest BCUT2D eigenvalue weighted by Gasteiger charge is -2.02. The first kappa shape index (κ1) is 12.2. The van der Waals surface area contributed by atoms with E-state index in [1.54, 1.807) is 7.11 Å². The molecule has 0 saturated heterocycles. The predicted octanol–water partition coefficient (Wildman–Crippen LogP) is 2.18. The van der Waals surface area contributed by atoms with Gasteiger partial charge in [0.25, 0.3) is 0 Å². The third-order valence-electron chi connectivity index (χ3n) is 2.61. The maximum absolute atomic E-state index is 11.4. The first-order valence-corrected chi connectivity index (χ1v) is 5.45. The fourth-order valence-electron chi connectivity index (χ4n) is 1.71. The van der Waals surface area contributed by atoms with Gasteiger partial charge in [0.1, 0.15) is 5.75 Å². The Balaban J connectivity index is 2.44. The molecule has 0 aliphatic rings. The van der Waals surface area contributed by atoms with E-state index in [1.807, 2.05) is 31.2 Å². The Labute approximate surface area is 105 Å². The summed E-state index contributed by atoms with van der Waals surface area (Å²) < 4.78 is 9.79. The number of nitrogens with one attached hydrogen (secondary N) is 1. The summed E-state index contributed by atoms with van der Waals surface area (Å²) in [6.07, 6.45) is 0. The molecule has 0 atom stereocenters. The smallest absolute Gasteiger partial charge is 0.374 e. The van der Waals surface area contributed by atoms with Crippen LogP contribution in [-0.4, -0.2) is 30.2 Å². The Morgan fingerprint density at radius 2 is 2.11 bits per heavy atom. The third kappa shape index (κ3) is 2.20. The summed E-state index contributed by atoms with van der Waals surface area (Å²) >= 11 is 0. The molecule has 0 saturated carbocycles. The zero-order valence-electron chi connectivity index (χ0n) is 10.5. The van der Waals surface area contributed by atoms with Crippen molar-refractivity contribution in [2.24, 2.45) is 0 Å². The van der Waals surface area contributed by atoms with Crippen LogP contribution in [-0.2, 0) is 4.74 Å². The Hall–Kier alpha value is -2.30. The van der Waals surface area contributed by atoms with Crippen LogP contribution >= 0.6 is 0 Å². The molecule has 0 fully saturated rings. The monoisotopic (exact) mass is 246 g/mol. The third-order valence-corrected chi connectivity index (χ3v) is 2.61. The zero-order valence-corrected chi connectivity index (χ0v) is 10.5. The van der Waals surface area contributed by atoms with Crippen molar-refractivity contribution < 1.29 is 14.3 Å². The summed E-state index contributed by atoms with van der Waals surface area (Å²) in [5.74, 6) is 0.467. The highest BCUT2D eigenvalue weighted by Crippen LogP contribution is 2.25. The van der Waals surface area contributed by atoms with Gasteiger partial charge in [0.15, 0.2) is 0 Å². The van der Waals surface area contributed by atoms with Gasteiger partial charge in [0, 0.05) is 11.3 Å². The Bertz CT molecular complexity index is 575. The maximum Gasteiger partial charge on any atom is 0.374 e. The average Bonchev–Trinajstić information content (AvgIpc) is 2.80. The number of benzene rings is 1. The van der Waals surface area contributed by atoms with Gasteiger partial charge in [-0.15, -0.1) is 0 Å². The van der Waals surface area contributed by atoms with Crippen LogP contribution in [0.2, 0.25) is 0 Å². The standard InChI is InChI=1S/C13H14N2O3/c1-8-11(15-12(14-8)13(16)18-3)9-5-4-6-10(7-9)17-2/h4-7H,1-3H3,(H,14,15). The van der Waals surface area contributed by atoms with E-state index >= 15 is 0 Å². The molecule has 0 spiro atoms. The van der Waals surface area contributed by atoms with E-state index < -0.39 is 5.97 Å². The normalized spacial score (nSPS) is 10.2. The van der Waals surface area contributed by atoms with Crippen molar-refractivity contribution in [2.75, 3.05) is 14.2 Å². The fraction of sp³-hybridized carbons (Fsp3) is 0.231. The van der Waals surface area contributed by atoms with E-state index in [4.69, 9.17) is 4.74 Å². The summed E-state index contributed by atoms with van der Waals surface area (Å²) in [5.41, 5.74) is 2.41. The van der Waals surface area contributed by atoms with Gasteiger partial charge in [0.2, 0.25) is 5.82 Å². The van der Waals surface area contributed by atoms with Crippen molar-refractivity contribution in [2.45, 2.75) is 6.92 Å². The topological polar surface area (TPSA) is 64.2 Å². The van der Waals surface area contributed by atoms with E-state index in [-0.39, 0.29) is 5.82 Å². The van der Waals surface area contributed by atoms with Gasteiger partial charge < -0.3 is 14.5 Å². The van der Waals surface area contributed by atoms with E-state index in [1.165, 1.54) is 7.11 Å². The first-order chi connectivity index (χ1) is 8.65. The van der Waals surface area contributed by atoms with Crippen molar-refractivity contribution >= 4 is 5.97 Å². The molecule has 0 aliphatic carbocycles. The highest BCUT2D eigenvalue weighted by Gasteiger charge is 2.15. The van der Waals surface area contributed by atoms with Crippen LogP contribution < -0.4 is 4.74 Å². The summed E-state index contributed by atoms with van der Waals surface area (Å²) in [6.45, 7) is 1.86. The molecule has 0 bridgehead atoms. The minimum Gasteiger partial charge on any atom is -0.497 e. The summed E-state index contributed by atoms with van der Waals surface area (Å²) in [5, 5.41) is 0. The van der Waals surface area contributed by atoms with Crippen molar-refractivity contribution in [1.29, 1.82) is 0 Å². The van der Waals surface area contributed by atoms with Crippen molar-refractivity contribution in [1.82, 2.24) is 9.97 Å². The molecule has 5 heteroatoms. The van der Waals surface area contributed by atoms with Gasteiger partial charge in [-0.1, -0.05) is 12.1 Å². The second-order valence-electron chi connectivity index (χ2n) is 3.78. The van der Waals surface area contributed by atoms with Crippen LogP contribution in [0.3, 0.4) is 0 Å². The molecule has 1 aromatic heterocycles. The van der Waals surface area contributed by atoms with Gasteiger partial charge in [-0.3, -0.25) is 0 Å². The molecule has 1 N–H and O–H groups in total. The van der Waals surface area contributed by atoms with E-state index in [9.17, 15) is 4.79 Å². The van der Waals surface area contributed by atoms with Crippen LogP contribution in [0.4, 0.5) is 0 Å². The second-order valence-corrected chi connectivity index (χ2v) is 3.78. The summed E-state index contributed by atoms with van der Waals surface area (Å²) in [7, 11) is 2.93. The number of hydrogen-bond donors (Lipinski definition) is 1. The molecule has 0 aliphatic heterocycles. The number of methoxy groups -OCH3 is 2. The number of aromatic nitrogens is 2. The predicted molar refractivity (Wildman–Crippen MR) is 66.7 cm³/mol. The average molecular weight is 246 g/mol. The van der Waals surface area contributed by atoms with Crippen LogP contribution in [0.15, 0.2) is 24.3 Å². The van der Waals surface area contributed by atoms with Gasteiger partial charge in [-0.2, -0.15) is 0 Å². The molecule has 1 heterocycles. The SMILES string of the molecule is COC(=O)c1nc(-c2cccc(OC)c2)c(C)[nH]1. The maximum atomic E-state index is 11.4. The molecule has 0 unspecified atom stereocenters. The fourth-order valence-corrected chi connectivity index (χ4v) is 1.71. The van der Waals surface area contributed by atoms with E-state index in [0.717, 1.165) is 17.0 Å². The van der Waals surface area contributed by atoms with Crippen LogP contribution in [0.25, 0.3) is 11.3 Å². The van der Waals surface area contributed by atoms with Crippen LogP contribution in [0.1, 0.15) is 16.3 Å². The van der Waals surface area contributed by atoms with Gasteiger partial charge in [-0.25, -0.2) is 9.78 Å². The van der Waals surface area contributed by atoms with Gasteiger partial charge in [0.05, 0.1) is 19.9 Å². The molecule has 5 nitrogen and oxygen atoms in total. The number of ether oxygens (including phenoxy) is 2. The molecule has 18 heavy (non-hydrogen) atoms. The molecular weight excluding hydrogens is 232 g/mol. The minimum absolute atomic E-state index is 0.202. The van der Waals surface area contributed by atoms with Crippen LogP contribution in [0.5, 0.6) is 5.75 Å². The van der Waals surface area contributed by atoms with Crippen molar-refractivity contribution in [3.05, 3.63) is 35.8 Å². The number of aromatic amines is 1. The molecular formula is C13H14N2O3. The number of carbonyl (C=O) groups is 1. The summed E-state index contributed by atoms with van der Waals surface area (Å²) in [4.78, 5) is 18.5. The number of hydrogen-bond acceptors (Lipinski definition) is 4. The van der Waals surface area contributed by atoms with Gasteiger partial charge in [-0.05, 0) is 19.1 Å². The molecule has 1 aromatic carbocycles. The lowest BCUT2D eigenvalue weighted by atomic mass is 10.1. The van der Waals surface area contributed by atoms with E-state index in [0.29, 0.717) is 5.69 Å². The first-order valence-electron chi connectivity index (χ1n) is 5.45. The van der Waals surface area contributed by atoms with Gasteiger partial charge >= 0.3 is 5.97 Å². The second kappa shape index (κ2) is 4.91. The Morgan fingerprint density at radius 1 is 1.33 bits per heavy atom. The zero-order chi connectivity index (χ0) is 13.1. The minimum atomic E-state index is -0.479. The number of H-pyrrole nitrogens is 1. The van der Waals surface area contributed by atoms with Crippen LogP contribution in [0, 0.1) is 6.92 Å². The lowest BCUT2D eigenvalue weighted by Crippen LogP contribution is -2.03. The molecule has 0 amide bonds. The number of aryl methyl sites for hydroxylation is 1. The molecule has 94 valence electrons. The Morgan fingerprint density at radius 3 is 2.78 bits per heavy atom. The highest BCUT2D eigenvalue weighted by atomic mass is 16.5. The molecule has 0 radical (unpaired) electrons. The van der Waals surface area contributed by atoms with Crippen molar-refractivity contribution in [3.8, 4) is 17.0 Å². The summed E-state index contributed by atoms with van der Waals surface area (Å²) in [6, 6.07) is 7.50. The molecule has 2 rings (SSSR count). The number of esters is 1. The van der Waals surface area contributed by atoms with E-state index in [2.05, 4.69) is 14.7 Å². The quantitative estimate of drug-likeness (QED) is 0.843. The largest absolute Gasteiger partial charge is 0.497 e. The number of rotatable bonds is 3. The van der Waals surface area contributed by atoms with Crippen molar-refractivity contribution in [3.63, 3.8) is 0 Å². The lowest BCUT2D eigenvalue weighted by molar-refractivity contribution is 0.0588. The number of nitrogens with zero attached hydrogens (tertiary/aromatic N) is 1. The number of imidazole rings is 1. The Kier molecular flexibility index (Phi) is 3.32.